The van der Waals surface area contributed by atoms with Crippen molar-refractivity contribution in [1.29, 1.82) is 0 Å². The molecule has 2 bridgehead atoms. The van der Waals surface area contributed by atoms with Gasteiger partial charge in [0.15, 0.2) is 29.4 Å². The molecule has 2 saturated carbocycles. The molecule has 1 amide bonds. The fraction of sp³-hybridized carbons (Fsp3) is 0.500. The van der Waals surface area contributed by atoms with Gasteiger partial charge in [0.25, 0.3) is 5.91 Å². The van der Waals surface area contributed by atoms with Crippen molar-refractivity contribution in [2.75, 3.05) is 13.2 Å². The molecule has 4 N–H and O–H groups in total. The maximum absolute atomic E-state index is 15.6. The Kier molecular flexibility index (Phi) is 12.0. The molecule has 332 valence electrons. The number of esters is 3. The van der Waals surface area contributed by atoms with Gasteiger partial charge in [-0.1, -0.05) is 38.1 Å². The van der Waals surface area contributed by atoms with Gasteiger partial charge in [0.1, 0.15) is 30.0 Å². The van der Waals surface area contributed by atoms with Gasteiger partial charge < -0.3 is 53.5 Å². The van der Waals surface area contributed by atoms with E-state index in [4.69, 9.17) is 32.8 Å². The van der Waals surface area contributed by atoms with Crippen LogP contribution in [0.1, 0.15) is 86.2 Å². The lowest BCUT2D eigenvalue weighted by molar-refractivity contribution is -0.346. The first-order valence-electron chi connectivity index (χ1n) is 20.1. The summed E-state index contributed by atoms with van der Waals surface area (Å²) in [6, 6.07) is 12.6. The summed E-state index contributed by atoms with van der Waals surface area (Å²) in [6.07, 6.45) is -10.9. The van der Waals surface area contributed by atoms with E-state index in [9.17, 15) is 39.3 Å². The molecule has 3 heterocycles. The number of aliphatic hydroxyl groups is 3. The second-order valence-electron chi connectivity index (χ2n) is 16.8. The number of benzene rings is 1. The lowest BCUT2D eigenvalue weighted by atomic mass is 9.44. The molecular formula is C44H49NO16S. The summed E-state index contributed by atoms with van der Waals surface area (Å²) < 4.78 is 40.6. The zero-order chi connectivity index (χ0) is 44.9. The minimum Gasteiger partial charge on any atom is -0.459 e. The Morgan fingerprint density at radius 1 is 1.00 bits per heavy atom. The Morgan fingerprint density at radius 2 is 1.73 bits per heavy atom. The van der Waals surface area contributed by atoms with Crippen molar-refractivity contribution < 1.29 is 76.9 Å². The predicted molar refractivity (Wildman–Crippen MR) is 214 cm³/mol. The number of ether oxygens (including phenoxy) is 6. The van der Waals surface area contributed by atoms with E-state index in [1.165, 1.54) is 65.1 Å². The van der Waals surface area contributed by atoms with Crippen molar-refractivity contribution >= 4 is 47.1 Å². The van der Waals surface area contributed by atoms with Crippen molar-refractivity contribution in [3.8, 4) is 0 Å². The van der Waals surface area contributed by atoms with Crippen molar-refractivity contribution in [1.82, 2.24) is 5.32 Å². The van der Waals surface area contributed by atoms with E-state index in [-0.39, 0.29) is 42.1 Å². The van der Waals surface area contributed by atoms with E-state index in [0.717, 1.165) is 18.3 Å². The first-order chi connectivity index (χ1) is 29.3. The molecule has 11 atom stereocenters. The molecule has 7 rings (SSSR count). The lowest BCUT2D eigenvalue weighted by Gasteiger charge is -2.67. The van der Waals surface area contributed by atoms with Gasteiger partial charge in [-0.05, 0) is 67.6 Å². The SMILES string of the molecule is CCOC(=O)O[C@H]1C(=O)[C@@]2(C)C(C(OC(=O)c3ccccc3)[C@]3(O)C[C@H](OC(=O)[C@H](O)[C@@H](NC(=O)c4ccco4)c4cccs4)C(C)=C1C3(C)C)[C@]1(OC(C)=O)CO[C@@H]1C[C@@H]2O. The van der Waals surface area contributed by atoms with Gasteiger partial charge in [0.05, 0.1) is 42.5 Å². The summed E-state index contributed by atoms with van der Waals surface area (Å²) in [7, 11) is 0. The monoisotopic (exact) mass is 879 g/mol. The number of furan rings is 1. The maximum atomic E-state index is 15.6. The van der Waals surface area contributed by atoms with Crippen LogP contribution in [0, 0.1) is 16.7 Å². The average molecular weight is 880 g/mol. The Bertz CT molecular complexity index is 2240. The summed E-state index contributed by atoms with van der Waals surface area (Å²) in [6.45, 7) is 8.09. The molecule has 2 unspecified atom stereocenters. The zero-order valence-electron chi connectivity index (χ0n) is 34.9. The van der Waals surface area contributed by atoms with Crippen molar-refractivity contribution in [3.63, 3.8) is 0 Å². The van der Waals surface area contributed by atoms with Crippen molar-refractivity contribution in [2.45, 2.75) is 108 Å². The minimum atomic E-state index is -2.43. The van der Waals surface area contributed by atoms with E-state index >= 15 is 4.79 Å². The number of carbonyl (C=O) groups is 6. The average Bonchev–Trinajstić information content (AvgIpc) is 3.97. The highest BCUT2D eigenvalue weighted by Crippen LogP contribution is 2.64. The van der Waals surface area contributed by atoms with Crippen LogP contribution in [0.4, 0.5) is 4.79 Å². The first kappa shape index (κ1) is 44.6. The third-order valence-corrected chi connectivity index (χ3v) is 14.0. The molecule has 1 aromatic carbocycles. The summed E-state index contributed by atoms with van der Waals surface area (Å²) >= 11 is 1.14. The number of fused-ring (bicyclic) bond motifs is 5. The molecule has 3 aliphatic carbocycles. The molecule has 1 saturated heterocycles. The van der Waals surface area contributed by atoms with Crippen LogP contribution in [-0.4, -0.2) is 112 Å². The van der Waals surface area contributed by atoms with Crippen LogP contribution in [0.3, 0.4) is 0 Å². The molecule has 3 fully saturated rings. The van der Waals surface area contributed by atoms with Crippen LogP contribution in [0.25, 0.3) is 0 Å². The van der Waals surface area contributed by atoms with Crippen LogP contribution in [0.2, 0.25) is 0 Å². The molecule has 3 aromatic rings. The summed E-state index contributed by atoms with van der Waals surface area (Å²) in [5.41, 5.74) is -7.97. The number of hydrogen-bond acceptors (Lipinski definition) is 17. The van der Waals surface area contributed by atoms with Gasteiger partial charge in [0.2, 0.25) is 0 Å². The van der Waals surface area contributed by atoms with Crippen LogP contribution < -0.4 is 5.32 Å². The van der Waals surface area contributed by atoms with Crippen molar-refractivity contribution in [2.24, 2.45) is 16.7 Å². The Hall–Kier alpha value is -5.40. The highest BCUT2D eigenvalue weighted by Gasteiger charge is 2.78. The van der Waals surface area contributed by atoms with Crippen LogP contribution in [0.5, 0.6) is 0 Å². The molecular weight excluding hydrogens is 831 g/mol. The molecule has 4 aliphatic rings. The normalized spacial score (nSPS) is 31.9. The lowest BCUT2D eigenvalue weighted by Crippen LogP contribution is -2.82. The Morgan fingerprint density at radius 3 is 2.32 bits per heavy atom. The third kappa shape index (κ3) is 7.30. The number of hydrogen-bond donors (Lipinski definition) is 4. The van der Waals surface area contributed by atoms with Gasteiger partial charge in [-0.3, -0.25) is 14.4 Å². The fourth-order valence-electron chi connectivity index (χ4n) is 9.84. The standard InChI is InChI=1S/C44H49NO16S/c1-7-55-40(53)59-33-30-22(2)26(58-39(52)32(48)31(27-16-12-18-62-27)45-37(50)25-15-11-17-56-25)20-44(54,41(30,4)5)36(60-38(51)24-13-9-8-10-14-24)34-42(6,35(33)49)28(47)19-29-43(34,21-57-29)61-23(3)46/h8-18,26,28-29,31-34,36,47-48,54H,7,19-21H2,1-6H3,(H,45,50)/t26-,28-,29+,31-,32+,33+,34?,36?,42+,43-,44+/m0/s1. The molecule has 0 spiro atoms. The molecule has 2 aromatic heterocycles. The fourth-order valence-corrected chi connectivity index (χ4v) is 10.6. The molecule has 18 heteroatoms. The van der Waals surface area contributed by atoms with E-state index in [1.54, 1.807) is 35.7 Å². The number of carbonyl (C=O) groups excluding carboxylic acids is 6. The third-order valence-electron chi connectivity index (χ3n) is 13.1. The van der Waals surface area contributed by atoms with Gasteiger partial charge in [0, 0.05) is 30.1 Å². The highest BCUT2D eigenvalue weighted by molar-refractivity contribution is 7.10. The number of aliphatic hydroxyl groups excluding tert-OH is 2. The van der Waals surface area contributed by atoms with E-state index in [0.29, 0.717) is 4.88 Å². The summed E-state index contributed by atoms with van der Waals surface area (Å²) in [5, 5.41) is 41.7. The van der Waals surface area contributed by atoms with E-state index in [1.807, 2.05) is 0 Å². The van der Waals surface area contributed by atoms with Crippen LogP contribution in [0.15, 0.2) is 81.8 Å². The van der Waals surface area contributed by atoms with E-state index < -0.39 is 113 Å². The van der Waals surface area contributed by atoms with Crippen LogP contribution in [-0.2, 0) is 42.8 Å². The topological polar surface area (TPSA) is 244 Å². The maximum Gasteiger partial charge on any atom is 0.509 e. The van der Waals surface area contributed by atoms with Gasteiger partial charge in [-0.15, -0.1) is 11.3 Å². The second-order valence-corrected chi connectivity index (χ2v) is 17.7. The van der Waals surface area contributed by atoms with Crippen LogP contribution >= 0.6 is 11.3 Å². The minimum absolute atomic E-state index is 0.0527. The number of Topliss-reactive ketones (excluding diaryl/α,β-unsaturated/α-hetero) is 1. The molecule has 1 aliphatic heterocycles. The Labute approximate surface area is 360 Å². The number of ketones is 1. The molecule has 17 nitrogen and oxygen atoms in total. The molecule has 62 heavy (non-hydrogen) atoms. The second kappa shape index (κ2) is 16.7. The zero-order valence-corrected chi connectivity index (χ0v) is 35.7. The summed E-state index contributed by atoms with van der Waals surface area (Å²) in [4.78, 5) is 83.9. The Balaban J connectivity index is 1.40. The van der Waals surface area contributed by atoms with Gasteiger partial charge >= 0.3 is 24.1 Å². The van der Waals surface area contributed by atoms with Gasteiger partial charge in [-0.2, -0.15) is 0 Å². The number of thiophene rings is 1. The molecule has 0 radical (unpaired) electrons. The van der Waals surface area contributed by atoms with E-state index in [2.05, 4.69) is 5.32 Å². The predicted octanol–water partition coefficient (Wildman–Crippen LogP) is 4.00. The van der Waals surface area contributed by atoms with Crippen molar-refractivity contribution in [3.05, 3.63) is 93.6 Å². The number of amides is 1. The summed E-state index contributed by atoms with van der Waals surface area (Å²) in [5.74, 6) is -6.37. The number of nitrogens with one attached hydrogen (secondary N) is 1. The van der Waals surface area contributed by atoms with Gasteiger partial charge in [-0.25, -0.2) is 14.4 Å². The first-order valence-corrected chi connectivity index (χ1v) is 21.0. The largest absolute Gasteiger partial charge is 0.509 e. The smallest absolute Gasteiger partial charge is 0.459 e. The quantitative estimate of drug-likeness (QED) is 0.121. The highest BCUT2D eigenvalue weighted by atomic mass is 32.1. The number of rotatable bonds is 11.